The van der Waals surface area contributed by atoms with Crippen LogP contribution in [0.3, 0.4) is 0 Å². The van der Waals surface area contributed by atoms with Gasteiger partial charge in [-0.1, -0.05) is 45.4 Å². The van der Waals surface area contributed by atoms with Crippen LogP contribution < -0.4 is 5.32 Å². The van der Waals surface area contributed by atoms with E-state index in [1.54, 1.807) is 18.7 Å². The summed E-state index contributed by atoms with van der Waals surface area (Å²) in [7, 11) is 0. The molecular formula is C23H38N2O4S. The van der Waals surface area contributed by atoms with Crippen molar-refractivity contribution in [3.8, 4) is 0 Å². The van der Waals surface area contributed by atoms with Crippen LogP contribution >= 0.6 is 11.3 Å². The number of carbonyl (C=O) groups excluding carboxylic acids is 3. The van der Waals surface area contributed by atoms with Gasteiger partial charge >= 0.3 is 5.97 Å². The molecule has 0 aliphatic heterocycles. The molecule has 170 valence electrons. The van der Waals surface area contributed by atoms with E-state index in [9.17, 15) is 14.4 Å². The predicted octanol–water partition coefficient (Wildman–Crippen LogP) is 5.79. The molecule has 0 saturated carbocycles. The predicted molar refractivity (Wildman–Crippen MR) is 124 cm³/mol. The Labute approximate surface area is 185 Å². The van der Waals surface area contributed by atoms with Crippen LogP contribution in [-0.4, -0.2) is 42.4 Å². The zero-order chi connectivity index (χ0) is 22.5. The van der Waals surface area contributed by atoms with Gasteiger partial charge in [0.05, 0.1) is 17.0 Å². The summed E-state index contributed by atoms with van der Waals surface area (Å²) in [6, 6.07) is 0. The number of rotatable bonds is 14. The molecule has 0 aromatic carbocycles. The Morgan fingerprint density at radius 3 is 2.10 bits per heavy atom. The second-order valence-electron chi connectivity index (χ2n) is 7.38. The minimum atomic E-state index is -0.504. The van der Waals surface area contributed by atoms with Gasteiger partial charge in [-0.3, -0.25) is 9.59 Å². The van der Waals surface area contributed by atoms with Gasteiger partial charge in [-0.25, -0.2) is 4.79 Å². The molecule has 0 unspecified atom stereocenters. The number of ether oxygens (including phenoxy) is 1. The summed E-state index contributed by atoms with van der Waals surface area (Å²) >= 11 is 1.16. The van der Waals surface area contributed by atoms with Crippen LogP contribution in [0.5, 0.6) is 0 Å². The van der Waals surface area contributed by atoms with Crippen molar-refractivity contribution in [1.29, 1.82) is 0 Å². The fraction of sp³-hybridized carbons (Fsp3) is 0.696. The zero-order valence-corrected chi connectivity index (χ0v) is 20.1. The summed E-state index contributed by atoms with van der Waals surface area (Å²) in [6.45, 7) is 10.9. The minimum Gasteiger partial charge on any atom is -0.462 e. The molecule has 1 rings (SSSR count). The van der Waals surface area contributed by atoms with Crippen molar-refractivity contribution in [1.82, 2.24) is 4.90 Å². The summed E-state index contributed by atoms with van der Waals surface area (Å²) in [5.41, 5.74) is 0.867. The molecular weight excluding hydrogens is 400 g/mol. The monoisotopic (exact) mass is 438 g/mol. The van der Waals surface area contributed by atoms with E-state index in [1.807, 2.05) is 13.8 Å². The fourth-order valence-electron chi connectivity index (χ4n) is 3.34. The van der Waals surface area contributed by atoms with E-state index in [0.29, 0.717) is 40.5 Å². The highest BCUT2D eigenvalue weighted by molar-refractivity contribution is 7.18. The topological polar surface area (TPSA) is 75.7 Å². The molecule has 7 heteroatoms. The van der Waals surface area contributed by atoms with Crippen LogP contribution in [-0.2, 0) is 9.53 Å². The maximum Gasteiger partial charge on any atom is 0.341 e. The van der Waals surface area contributed by atoms with Crippen LogP contribution in [0.25, 0.3) is 0 Å². The van der Waals surface area contributed by atoms with E-state index in [2.05, 4.69) is 12.2 Å². The first kappa shape index (κ1) is 26.1. The van der Waals surface area contributed by atoms with Crippen molar-refractivity contribution in [2.45, 2.75) is 86.0 Å². The highest BCUT2D eigenvalue weighted by Crippen LogP contribution is 2.35. The van der Waals surface area contributed by atoms with E-state index in [4.69, 9.17) is 4.74 Å². The Bertz CT molecular complexity index is 696. The number of esters is 1. The normalized spacial score (nSPS) is 10.7. The van der Waals surface area contributed by atoms with Gasteiger partial charge in [-0.05, 0) is 39.7 Å². The van der Waals surface area contributed by atoms with Gasteiger partial charge in [-0.2, -0.15) is 0 Å². The standard InChI is InChI=1S/C23H38N2O4S/c1-6-10-11-12-13-14-15-16-18(26)24-21-19(23(28)29-9-4)17(5)20(30-21)22(27)25(7-2)8-3/h6-16H2,1-5H3,(H,24,26). The van der Waals surface area contributed by atoms with E-state index in [0.717, 1.165) is 30.6 Å². The van der Waals surface area contributed by atoms with Crippen molar-refractivity contribution in [2.75, 3.05) is 25.0 Å². The number of unbranched alkanes of at least 4 members (excludes halogenated alkanes) is 6. The molecule has 0 bridgehead atoms. The molecule has 0 fully saturated rings. The molecule has 0 atom stereocenters. The van der Waals surface area contributed by atoms with Crippen molar-refractivity contribution >= 4 is 34.1 Å². The quantitative estimate of drug-likeness (QED) is 0.294. The lowest BCUT2D eigenvalue weighted by molar-refractivity contribution is -0.116. The summed E-state index contributed by atoms with van der Waals surface area (Å²) in [6.07, 6.45) is 8.36. The summed E-state index contributed by atoms with van der Waals surface area (Å²) in [4.78, 5) is 40.0. The third kappa shape index (κ3) is 7.74. The van der Waals surface area contributed by atoms with E-state index >= 15 is 0 Å². The van der Waals surface area contributed by atoms with Crippen LogP contribution in [0.4, 0.5) is 5.00 Å². The summed E-state index contributed by atoms with van der Waals surface area (Å²) in [5, 5.41) is 3.27. The smallest absolute Gasteiger partial charge is 0.341 e. The first-order valence-electron chi connectivity index (χ1n) is 11.3. The first-order chi connectivity index (χ1) is 14.4. The van der Waals surface area contributed by atoms with Gasteiger partial charge in [0.25, 0.3) is 5.91 Å². The van der Waals surface area contributed by atoms with Gasteiger partial charge in [-0.15, -0.1) is 11.3 Å². The Hall–Kier alpha value is -1.89. The summed E-state index contributed by atoms with van der Waals surface area (Å²) < 4.78 is 5.17. The maximum absolute atomic E-state index is 12.9. The molecule has 0 aliphatic carbocycles. The Morgan fingerprint density at radius 1 is 0.933 bits per heavy atom. The van der Waals surface area contributed by atoms with Crippen molar-refractivity contribution in [3.05, 3.63) is 16.0 Å². The number of amides is 2. The molecule has 6 nitrogen and oxygen atoms in total. The Kier molecular flexibility index (Phi) is 12.4. The second-order valence-corrected chi connectivity index (χ2v) is 8.40. The average molecular weight is 439 g/mol. The lowest BCUT2D eigenvalue weighted by atomic mass is 10.1. The molecule has 1 aromatic rings. The van der Waals surface area contributed by atoms with Crippen LogP contribution in [0.2, 0.25) is 0 Å². The third-order valence-electron chi connectivity index (χ3n) is 5.13. The molecule has 0 spiro atoms. The fourth-order valence-corrected chi connectivity index (χ4v) is 4.52. The van der Waals surface area contributed by atoms with Crippen LogP contribution in [0, 0.1) is 6.92 Å². The lowest BCUT2D eigenvalue weighted by Crippen LogP contribution is -2.30. The molecule has 0 radical (unpaired) electrons. The lowest BCUT2D eigenvalue weighted by Gasteiger charge is -2.18. The number of hydrogen-bond acceptors (Lipinski definition) is 5. The van der Waals surface area contributed by atoms with Crippen molar-refractivity contribution < 1.29 is 19.1 Å². The van der Waals surface area contributed by atoms with E-state index in [1.165, 1.54) is 25.7 Å². The molecule has 1 N–H and O–H groups in total. The SMILES string of the molecule is CCCCCCCCCC(=O)Nc1sc(C(=O)N(CC)CC)c(C)c1C(=O)OCC. The van der Waals surface area contributed by atoms with Gasteiger partial charge in [0.2, 0.25) is 5.91 Å². The van der Waals surface area contributed by atoms with Gasteiger partial charge in [0.1, 0.15) is 5.00 Å². The van der Waals surface area contributed by atoms with Crippen molar-refractivity contribution in [2.24, 2.45) is 0 Å². The van der Waals surface area contributed by atoms with E-state index < -0.39 is 5.97 Å². The van der Waals surface area contributed by atoms with Gasteiger partial charge < -0.3 is 15.0 Å². The number of hydrogen-bond donors (Lipinski definition) is 1. The van der Waals surface area contributed by atoms with Crippen LogP contribution in [0.1, 0.15) is 105 Å². The summed E-state index contributed by atoms with van der Waals surface area (Å²) in [5.74, 6) is -0.756. The highest BCUT2D eigenvalue weighted by atomic mass is 32.1. The first-order valence-corrected chi connectivity index (χ1v) is 12.1. The highest BCUT2D eigenvalue weighted by Gasteiger charge is 2.28. The van der Waals surface area contributed by atoms with Gasteiger partial charge in [0.15, 0.2) is 0 Å². The second kappa shape index (κ2) is 14.2. The van der Waals surface area contributed by atoms with Crippen molar-refractivity contribution in [3.63, 3.8) is 0 Å². The number of nitrogens with zero attached hydrogens (tertiary/aromatic N) is 1. The number of nitrogens with one attached hydrogen (secondary N) is 1. The average Bonchev–Trinajstić information content (AvgIpc) is 3.04. The Morgan fingerprint density at radius 2 is 1.53 bits per heavy atom. The third-order valence-corrected chi connectivity index (χ3v) is 6.33. The minimum absolute atomic E-state index is 0.124. The molecule has 0 aliphatic rings. The van der Waals surface area contributed by atoms with Crippen LogP contribution in [0.15, 0.2) is 0 Å². The zero-order valence-electron chi connectivity index (χ0n) is 19.3. The molecule has 1 heterocycles. The maximum atomic E-state index is 12.9. The largest absolute Gasteiger partial charge is 0.462 e. The number of thiophene rings is 1. The molecule has 30 heavy (non-hydrogen) atoms. The molecule has 2 amide bonds. The molecule has 1 aromatic heterocycles. The van der Waals surface area contributed by atoms with Gasteiger partial charge in [0, 0.05) is 19.5 Å². The molecule has 0 saturated heterocycles. The number of carbonyl (C=O) groups is 3. The Balaban J connectivity index is 2.86. The van der Waals surface area contributed by atoms with E-state index in [-0.39, 0.29) is 18.4 Å². The number of anilines is 1.